The highest BCUT2D eigenvalue weighted by molar-refractivity contribution is 7.31. The topological polar surface area (TPSA) is 35.5 Å². The van der Waals surface area contributed by atoms with Gasteiger partial charge in [0.05, 0.1) is 6.61 Å². The van der Waals surface area contributed by atoms with Gasteiger partial charge in [-0.15, -0.1) is 0 Å². The fraction of sp³-hybridized carbons (Fsp3) is 0.556. The van der Waals surface area contributed by atoms with Gasteiger partial charge in [-0.3, -0.25) is 4.52 Å². The molecule has 170 valence electrons. The Hall–Kier alpha value is -1.70. The van der Waals surface area contributed by atoms with Crippen LogP contribution in [0.2, 0.25) is 0 Å². The second kappa shape index (κ2) is 11.2. The number of hydrogen-bond acceptors (Lipinski definition) is 3. The minimum atomic E-state index is -1.47. The summed E-state index contributed by atoms with van der Waals surface area (Å²) in [7, 11) is -1.47. The summed E-state index contributed by atoms with van der Waals surface area (Å²) in [5, 5.41) is 2.33. The summed E-state index contributed by atoms with van der Waals surface area (Å²) in [6, 6.07) is 9.24. The van der Waals surface area contributed by atoms with Gasteiger partial charge < -0.3 is 8.39 Å². The highest BCUT2D eigenvalue weighted by atomic mass is 31.1. The van der Waals surface area contributed by atoms with E-state index >= 15 is 0 Å². The SMILES string of the molecule is CCCCc1cc(C)cc2c1op(OCC)oc1c(CCCC)cc(C(C)CC)cc12. The first-order valence-corrected chi connectivity index (χ1v) is 13.2. The fourth-order valence-electron chi connectivity index (χ4n) is 4.13. The predicted octanol–water partition coefficient (Wildman–Crippen LogP) is 9.25. The molecule has 4 heteroatoms. The Morgan fingerprint density at radius 1 is 0.839 bits per heavy atom. The summed E-state index contributed by atoms with van der Waals surface area (Å²) in [4.78, 5) is 0. The van der Waals surface area contributed by atoms with Crippen molar-refractivity contribution >= 4 is 30.2 Å². The molecule has 0 aliphatic rings. The molecule has 0 amide bonds. The third kappa shape index (κ3) is 5.57. The maximum atomic E-state index is 6.50. The molecule has 3 nitrogen and oxygen atoms in total. The summed E-state index contributed by atoms with van der Waals surface area (Å²) in [6.45, 7) is 13.8. The fourth-order valence-corrected chi connectivity index (χ4v) is 5.21. The summed E-state index contributed by atoms with van der Waals surface area (Å²) >= 11 is 0. The molecule has 2 aromatic carbocycles. The van der Waals surface area contributed by atoms with Crippen LogP contribution in [0.3, 0.4) is 0 Å². The van der Waals surface area contributed by atoms with Crippen LogP contribution in [0.25, 0.3) is 21.9 Å². The normalized spacial score (nSPS) is 13.2. The first-order valence-electron chi connectivity index (χ1n) is 12.1. The van der Waals surface area contributed by atoms with Crippen molar-refractivity contribution in [2.45, 2.75) is 92.4 Å². The van der Waals surface area contributed by atoms with Gasteiger partial charge in [-0.05, 0) is 86.3 Å². The molecule has 31 heavy (non-hydrogen) atoms. The number of fused-ring (bicyclic) bond motifs is 3. The van der Waals surface area contributed by atoms with Crippen molar-refractivity contribution in [1.29, 1.82) is 0 Å². The van der Waals surface area contributed by atoms with E-state index in [0.29, 0.717) is 12.5 Å². The van der Waals surface area contributed by atoms with E-state index in [0.717, 1.165) is 61.5 Å². The Bertz CT molecular complexity index is 1050. The largest absolute Gasteiger partial charge is 0.399 e. The predicted molar refractivity (Wildman–Crippen MR) is 134 cm³/mol. The summed E-state index contributed by atoms with van der Waals surface area (Å²) in [6.07, 6.45) is 7.77. The first kappa shape index (κ1) is 24.0. The van der Waals surface area contributed by atoms with Gasteiger partial charge in [0.25, 0.3) is 0 Å². The molecular formula is C27H39O3P. The highest BCUT2D eigenvalue weighted by Gasteiger charge is 2.16. The molecule has 0 aliphatic carbocycles. The molecule has 0 aliphatic heterocycles. The number of unbranched alkanes of at least 4 members (excludes halogenated alkanes) is 2. The van der Waals surface area contributed by atoms with Gasteiger partial charge in [-0.2, -0.15) is 0 Å². The summed E-state index contributed by atoms with van der Waals surface area (Å²) < 4.78 is 18.9. The molecule has 3 rings (SSSR count). The standard InChI is InChI=1S/C27H39O3P/c1-7-11-13-21-15-19(5)16-24-25-18-23(20(6)9-3)17-22(14-12-8-2)27(25)30-31(28-10-4)29-26(21)24/h15-18,20H,7-14H2,1-6H3. The Balaban J connectivity index is 2.46. The van der Waals surface area contributed by atoms with Crippen molar-refractivity contribution < 1.29 is 12.9 Å². The maximum Gasteiger partial charge on any atom is 0.387 e. The second-order valence-electron chi connectivity index (χ2n) is 8.70. The van der Waals surface area contributed by atoms with Crippen LogP contribution in [-0.2, 0) is 12.8 Å². The lowest BCUT2D eigenvalue weighted by Gasteiger charge is -2.13. The van der Waals surface area contributed by atoms with E-state index in [-0.39, 0.29) is 0 Å². The van der Waals surface area contributed by atoms with E-state index < -0.39 is 8.24 Å². The molecular weight excluding hydrogens is 403 g/mol. The molecule has 0 radical (unpaired) electrons. The second-order valence-corrected chi connectivity index (χ2v) is 9.77. The summed E-state index contributed by atoms with van der Waals surface area (Å²) in [5.41, 5.74) is 7.14. The quantitative estimate of drug-likeness (QED) is 0.314. The Labute approximate surface area is 188 Å². The van der Waals surface area contributed by atoms with Crippen molar-refractivity contribution in [2.24, 2.45) is 0 Å². The number of aryl methyl sites for hydroxylation is 3. The van der Waals surface area contributed by atoms with Crippen molar-refractivity contribution in [1.82, 2.24) is 0 Å². The van der Waals surface area contributed by atoms with Crippen molar-refractivity contribution in [3.05, 3.63) is 46.5 Å². The van der Waals surface area contributed by atoms with Crippen LogP contribution in [0.5, 0.6) is 0 Å². The van der Waals surface area contributed by atoms with E-state index in [1.807, 2.05) is 6.92 Å². The molecule has 2 atom stereocenters. The molecule has 0 spiro atoms. The minimum Gasteiger partial charge on any atom is -0.399 e. The average molecular weight is 443 g/mol. The van der Waals surface area contributed by atoms with E-state index in [9.17, 15) is 0 Å². The van der Waals surface area contributed by atoms with Crippen LogP contribution >= 0.6 is 8.24 Å². The van der Waals surface area contributed by atoms with E-state index in [4.69, 9.17) is 12.9 Å². The third-order valence-corrected chi connectivity index (χ3v) is 7.27. The van der Waals surface area contributed by atoms with Crippen molar-refractivity contribution in [3.8, 4) is 0 Å². The van der Waals surface area contributed by atoms with Gasteiger partial charge in [-0.1, -0.05) is 52.7 Å². The zero-order chi connectivity index (χ0) is 22.4. The minimum absolute atomic E-state index is 0.510. The van der Waals surface area contributed by atoms with E-state index in [1.165, 1.54) is 27.6 Å². The molecule has 0 saturated carbocycles. The molecule has 1 aromatic heterocycles. The van der Waals surface area contributed by atoms with Gasteiger partial charge in [-0.25, -0.2) is 0 Å². The highest BCUT2D eigenvalue weighted by Crippen LogP contribution is 2.39. The van der Waals surface area contributed by atoms with Gasteiger partial charge in [0.15, 0.2) is 0 Å². The van der Waals surface area contributed by atoms with Crippen molar-refractivity contribution in [2.75, 3.05) is 6.61 Å². The lowest BCUT2D eigenvalue weighted by atomic mass is 9.92. The van der Waals surface area contributed by atoms with Gasteiger partial charge in [0.2, 0.25) is 0 Å². The zero-order valence-electron chi connectivity index (χ0n) is 20.2. The third-order valence-electron chi connectivity index (χ3n) is 6.14. The number of rotatable bonds is 10. The summed E-state index contributed by atoms with van der Waals surface area (Å²) in [5.74, 6) is 0.510. The van der Waals surface area contributed by atoms with Gasteiger partial charge in [0, 0.05) is 10.8 Å². The Morgan fingerprint density at radius 2 is 1.42 bits per heavy atom. The van der Waals surface area contributed by atoms with E-state index in [2.05, 4.69) is 58.9 Å². The zero-order valence-corrected chi connectivity index (χ0v) is 21.1. The van der Waals surface area contributed by atoms with E-state index in [1.54, 1.807) is 0 Å². The molecule has 1 heterocycles. The van der Waals surface area contributed by atoms with Crippen molar-refractivity contribution in [3.63, 3.8) is 0 Å². The van der Waals surface area contributed by atoms with Crippen LogP contribution < -0.4 is 4.52 Å². The van der Waals surface area contributed by atoms with Crippen LogP contribution in [0.4, 0.5) is 0 Å². The Morgan fingerprint density at radius 3 is 1.97 bits per heavy atom. The number of benzene rings is 2. The maximum absolute atomic E-state index is 6.50. The molecule has 0 bridgehead atoms. The monoisotopic (exact) mass is 442 g/mol. The molecule has 2 unspecified atom stereocenters. The smallest absolute Gasteiger partial charge is 0.387 e. The van der Waals surface area contributed by atoms with Crippen LogP contribution in [0, 0.1) is 6.92 Å². The molecule has 0 fully saturated rings. The van der Waals surface area contributed by atoms with Crippen LogP contribution in [0.1, 0.15) is 94.9 Å². The number of hydrogen-bond donors (Lipinski definition) is 0. The molecule has 0 N–H and O–H groups in total. The van der Waals surface area contributed by atoms with Crippen LogP contribution in [-0.4, -0.2) is 6.61 Å². The molecule has 3 aromatic rings. The lowest BCUT2D eigenvalue weighted by molar-refractivity contribution is 0.393. The lowest BCUT2D eigenvalue weighted by Crippen LogP contribution is -1.96. The average Bonchev–Trinajstić information content (AvgIpc) is 2.92. The Kier molecular flexibility index (Phi) is 8.69. The van der Waals surface area contributed by atoms with Gasteiger partial charge in [0.1, 0.15) is 11.2 Å². The van der Waals surface area contributed by atoms with Crippen LogP contribution in [0.15, 0.2) is 32.7 Å². The van der Waals surface area contributed by atoms with Gasteiger partial charge >= 0.3 is 8.24 Å². The molecule has 0 saturated heterocycles. The first-order chi connectivity index (χ1) is 15.0.